The third-order valence-electron chi connectivity index (χ3n) is 3.51. The summed E-state index contributed by atoms with van der Waals surface area (Å²) in [5.41, 5.74) is 7.14. The average Bonchev–Trinajstić information content (AvgIpc) is 3.17. The fourth-order valence-electron chi connectivity index (χ4n) is 2.32. The van der Waals surface area contributed by atoms with E-state index >= 15 is 0 Å². The lowest BCUT2D eigenvalue weighted by molar-refractivity contribution is 0.105. The van der Waals surface area contributed by atoms with Gasteiger partial charge in [-0.2, -0.15) is 5.10 Å². The molecule has 6 heteroatoms. The van der Waals surface area contributed by atoms with Crippen LogP contribution in [0.3, 0.4) is 0 Å². The van der Waals surface area contributed by atoms with Crippen LogP contribution in [0.5, 0.6) is 5.75 Å². The van der Waals surface area contributed by atoms with Crippen LogP contribution in [-0.4, -0.2) is 28.9 Å². The average molecular weight is 274 g/mol. The second-order valence-electron chi connectivity index (χ2n) is 4.83. The number of ether oxygens (including phenoxy) is 2. The van der Waals surface area contributed by atoms with Crippen molar-refractivity contribution in [2.24, 2.45) is 5.73 Å². The molecule has 1 saturated heterocycles. The summed E-state index contributed by atoms with van der Waals surface area (Å²) in [6.07, 6.45) is 2.07. The minimum atomic E-state index is -0.354. The predicted molar refractivity (Wildman–Crippen MR) is 73.3 cm³/mol. The minimum Gasteiger partial charge on any atom is -0.497 e. The number of benzene rings is 1. The summed E-state index contributed by atoms with van der Waals surface area (Å²) in [6, 6.07) is 7.25. The van der Waals surface area contributed by atoms with Gasteiger partial charge in [-0.1, -0.05) is 12.1 Å². The lowest BCUT2D eigenvalue weighted by atomic mass is 10.1. The lowest BCUT2D eigenvalue weighted by Gasteiger charge is -2.09. The van der Waals surface area contributed by atoms with Crippen LogP contribution in [-0.2, 0) is 4.74 Å². The van der Waals surface area contributed by atoms with E-state index in [0.29, 0.717) is 5.82 Å². The highest BCUT2D eigenvalue weighted by molar-refractivity contribution is 5.31. The van der Waals surface area contributed by atoms with E-state index in [0.717, 1.165) is 36.6 Å². The number of hydrogen-bond acceptors (Lipinski definition) is 5. The van der Waals surface area contributed by atoms with Gasteiger partial charge in [0.1, 0.15) is 11.9 Å². The van der Waals surface area contributed by atoms with Crippen LogP contribution in [0.25, 0.3) is 0 Å². The van der Waals surface area contributed by atoms with Gasteiger partial charge in [0, 0.05) is 6.61 Å². The summed E-state index contributed by atoms with van der Waals surface area (Å²) in [7, 11) is 1.64. The molecule has 0 radical (unpaired) electrons. The van der Waals surface area contributed by atoms with Crippen molar-refractivity contribution < 1.29 is 9.47 Å². The molecular formula is C14H18N4O2. The number of nitrogens with two attached hydrogens (primary N) is 1. The molecule has 3 rings (SSSR count). The summed E-state index contributed by atoms with van der Waals surface area (Å²) >= 11 is 0. The van der Waals surface area contributed by atoms with Gasteiger partial charge >= 0.3 is 0 Å². The molecule has 0 aliphatic carbocycles. The number of hydrogen-bond donors (Lipinski definition) is 2. The zero-order valence-electron chi connectivity index (χ0n) is 11.4. The maximum absolute atomic E-state index is 6.19. The molecular weight excluding hydrogens is 256 g/mol. The van der Waals surface area contributed by atoms with Crippen LogP contribution in [0.2, 0.25) is 0 Å². The van der Waals surface area contributed by atoms with Gasteiger partial charge in [-0.25, -0.2) is 4.98 Å². The monoisotopic (exact) mass is 274 g/mol. The van der Waals surface area contributed by atoms with Gasteiger partial charge in [-0.3, -0.25) is 5.10 Å². The van der Waals surface area contributed by atoms with E-state index in [9.17, 15) is 0 Å². The van der Waals surface area contributed by atoms with Crippen LogP contribution < -0.4 is 10.5 Å². The molecule has 0 amide bonds. The number of H-pyrrole nitrogens is 1. The van der Waals surface area contributed by atoms with Gasteiger partial charge in [-0.05, 0) is 30.5 Å². The van der Waals surface area contributed by atoms with Crippen LogP contribution in [0.1, 0.15) is 42.2 Å². The summed E-state index contributed by atoms with van der Waals surface area (Å²) in [6.45, 7) is 0.783. The Labute approximate surface area is 117 Å². The molecule has 1 aromatic heterocycles. The number of nitrogens with zero attached hydrogens (tertiary/aromatic N) is 2. The second-order valence-corrected chi connectivity index (χ2v) is 4.83. The lowest BCUT2D eigenvalue weighted by Crippen LogP contribution is -2.13. The van der Waals surface area contributed by atoms with Crippen LogP contribution in [0.15, 0.2) is 24.3 Å². The van der Waals surface area contributed by atoms with E-state index in [1.54, 1.807) is 7.11 Å². The van der Waals surface area contributed by atoms with Crippen molar-refractivity contribution in [3.05, 3.63) is 41.5 Å². The molecule has 1 aromatic carbocycles. The molecule has 1 aliphatic heterocycles. The third kappa shape index (κ3) is 2.52. The molecule has 0 unspecified atom stereocenters. The molecule has 1 aliphatic rings. The summed E-state index contributed by atoms with van der Waals surface area (Å²) in [4.78, 5) is 4.46. The minimum absolute atomic E-state index is 0.0271. The van der Waals surface area contributed by atoms with Gasteiger partial charge in [0.2, 0.25) is 0 Å². The van der Waals surface area contributed by atoms with Crippen molar-refractivity contribution in [2.45, 2.75) is 25.0 Å². The molecule has 20 heavy (non-hydrogen) atoms. The van der Waals surface area contributed by atoms with Gasteiger partial charge in [0.25, 0.3) is 0 Å². The molecule has 2 atom stereocenters. The summed E-state index contributed by atoms with van der Waals surface area (Å²) in [5, 5.41) is 7.14. The maximum Gasteiger partial charge on any atom is 0.171 e. The van der Waals surface area contributed by atoms with E-state index in [1.165, 1.54) is 0 Å². The highest BCUT2D eigenvalue weighted by Gasteiger charge is 2.23. The van der Waals surface area contributed by atoms with E-state index in [2.05, 4.69) is 15.2 Å². The quantitative estimate of drug-likeness (QED) is 0.886. The van der Waals surface area contributed by atoms with Crippen molar-refractivity contribution in [3.63, 3.8) is 0 Å². The van der Waals surface area contributed by atoms with Gasteiger partial charge in [0.05, 0.1) is 13.2 Å². The first-order chi connectivity index (χ1) is 9.78. The Bertz CT molecular complexity index is 561. The zero-order chi connectivity index (χ0) is 13.9. The van der Waals surface area contributed by atoms with E-state index in [4.69, 9.17) is 15.2 Å². The first-order valence-electron chi connectivity index (χ1n) is 6.71. The molecule has 0 saturated carbocycles. The molecule has 0 bridgehead atoms. The highest BCUT2D eigenvalue weighted by Crippen LogP contribution is 2.27. The molecule has 2 heterocycles. The van der Waals surface area contributed by atoms with Gasteiger partial charge in [0.15, 0.2) is 11.6 Å². The number of methoxy groups -OCH3 is 1. The Hall–Kier alpha value is -1.92. The van der Waals surface area contributed by atoms with Crippen molar-refractivity contribution in [2.75, 3.05) is 13.7 Å². The standard InChI is InChI=1S/C14H18N4O2/c1-19-10-6-4-9(5-7-10)12(15)14-16-13(17-18-14)11-3-2-8-20-11/h4-7,11-12H,2-3,8,15H2,1H3,(H,16,17,18)/t11-,12-/m1/s1. The summed E-state index contributed by atoms with van der Waals surface area (Å²) < 4.78 is 10.7. The Morgan fingerprint density at radius 1 is 1.40 bits per heavy atom. The smallest absolute Gasteiger partial charge is 0.171 e. The van der Waals surface area contributed by atoms with Crippen molar-refractivity contribution in [3.8, 4) is 5.75 Å². The largest absolute Gasteiger partial charge is 0.497 e. The van der Waals surface area contributed by atoms with E-state index in [1.807, 2.05) is 24.3 Å². The first kappa shape index (κ1) is 13.1. The molecule has 3 N–H and O–H groups in total. The third-order valence-corrected chi connectivity index (χ3v) is 3.51. The van der Waals surface area contributed by atoms with E-state index < -0.39 is 0 Å². The Balaban J connectivity index is 1.77. The predicted octanol–water partition coefficient (Wildman–Crippen LogP) is 1.71. The molecule has 106 valence electrons. The van der Waals surface area contributed by atoms with Crippen LogP contribution >= 0.6 is 0 Å². The number of aromatic nitrogens is 3. The van der Waals surface area contributed by atoms with Crippen molar-refractivity contribution >= 4 is 0 Å². The van der Waals surface area contributed by atoms with Gasteiger partial charge in [-0.15, -0.1) is 0 Å². The Morgan fingerprint density at radius 2 is 2.20 bits per heavy atom. The van der Waals surface area contributed by atoms with Crippen LogP contribution in [0.4, 0.5) is 0 Å². The van der Waals surface area contributed by atoms with Crippen molar-refractivity contribution in [1.29, 1.82) is 0 Å². The normalized spacial score (nSPS) is 20.0. The number of rotatable bonds is 4. The molecule has 2 aromatic rings. The maximum atomic E-state index is 6.19. The molecule has 6 nitrogen and oxygen atoms in total. The number of nitrogens with one attached hydrogen (secondary N) is 1. The van der Waals surface area contributed by atoms with Crippen LogP contribution in [0, 0.1) is 0 Å². The second kappa shape index (κ2) is 5.60. The topological polar surface area (TPSA) is 86.0 Å². The van der Waals surface area contributed by atoms with E-state index in [-0.39, 0.29) is 12.1 Å². The fourth-order valence-corrected chi connectivity index (χ4v) is 2.32. The Morgan fingerprint density at radius 3 is 2.85 bits per heavy atom. The van der Waals surface area contributed by atoms with Gasteiger partial charge < -0.3 is 15.2 Å². The number of aromatic amines is 1. The first-order valence-corrected chi connectivity index (χ1v) is 6.71. The van der Waals surface area contributed by atoms with Crippen molar-refractivity contribution in [1.82, 2.24) is 15.2 Å². The fraction of sp³-hybridized carbons (Fsp3) is 0.429. The molecule has 0 spiro atoms. The summed E-state index contributed by atoms with van der Waals surface area (Å²) in [5.74, 6) is 2.15. The molecule has 1 fully saturated rings. The zero-order valence-corrected chi connectivity index (χ0v) is 11.4. The highest BCUT2D eigenvalue weighted by atomic mass is 16.5. The SMILES string of the molecule is COc1ccc([C@@H](N)c2n[nH]c([C@H]3CCCO3)n2)cc1. The Kier molecular flexibility index (Phi) is 3.66.